The summed E-state index contributed by atoms with van der Waals surface area (Å²) in [7, 11) is 3.98. The van der Waals surface area contributed by atoms with Gasteiger partial charge in [0.2, 0.25) is 0 Å². The summed E-state index contributed by atoms with van der Waals surface area (Å²) < 4.78 is 37.8. The van der Waals surface area contributed by atoms with Gasteiger partial charge in [-0.3, -0.25) is 0 Å². The molecule has 1 aliphatic rings. The number of likely N-dealkylation sites (N-methyl/N-ethyl adjacent to an activating group) is 1. The van der Waals surface area contributed by atoms with Gasteiger partial charge in [0, 0.05) is 30.9 Å². The first-order valence-corrected chi connectivity index (χ1v) is 5.89. The van der Waals surface area contributed by atoms with Crippen molar-refractivity contribution in [2.24, 2.45) is 0 Å². The van der Waals surface area contributed by atoms with Crippen molar-refractivity contribution < 1.29 is 13.2 Å². The number of alkyl halides is 3. The molecule has 0 aromatic heterocycles. The summed E-state index contributed by atoms with van der Waals surface area (Å²) in [6.07, 6.45) is -3.35. The van der Waals surface area contributed by atoms with Crippen molar-refractivity contribution in [2.75, 3.05) is 32.1 Å². The molecule has 2 rings (SSSR count). The van der Waals surface area contributed by atoms with Crippen LogP contribution in [0.15, 0.2) is 18.2 Å². The number of anilines is 1. The Balaban J connectivity index is 2.15. The molecule has 0 unspecified atom stereocenters. The molecule has 0 saturated carbocycles. The Morgan fingerprint density at radius 2 is 2.06 bits per heavy atom. The van der Waals surface area contributed by atoms with Crippen molar-refractivity contribution >= 4 is 5.69 Å². The van der Waals surface area contributed by atoms with Crippen LogP contribution in [0.4, 0.5) is 18.9 Å². The Hall–Kier alpha value is -1.23. The normalized spacial score (nSPS) is 20.8. The highest BCUT2D eigenvalue weighted by molar-refractivity contribution is 5.49. The first-order chi connectivity index (χ1) is 8.38. The van der Waals surface area contributed by atoms with E-state index in [1.165, 1.54) is 6.07 Å². The first kappa shape index (κ1) is 13.2. The molecule has 1 atom stereocenters. The van der Waals surface area contributed by atoms with E-state index < -0.39 is 11.7 Å². The lowest BCUT2D eigenvalue weighted by atomic mass is 10.2. The van der Waals surface area contributed by atoms with Crippen LogP contribution in [-0.2, 0) is 6.18 Å². The molecule has 1 aliphatic heterocycles. The number of halogens is 3. The topological polar surface area (TPSA) is 6.48 Å². The molecule has 0 aliphatic carbocycles. The Labute approximate surface area is 105 Å². The summed E-state index contributed by atoms with van der Waals surface area (Å²) in [6, 6.07) is 7.05. The fraction of sp³-hybridized carbons (Fsp3) is 0.538. The van der Waals surface area contributed by atoms with Crippen LogP contribution in [0.2, 0.25) is 0 Å². The number of benzene rings is 1. The van der Waals surface area contributed by atoms with Crippen LogP contribution in [0.1, 0.15) is 12.0 Å². The van der Waals surface area contributed by atoms with Gasteiger partial charge in [0.25, 0.3) is 0 Å². The van der Waals surface area contributed by atoms with E-state index >= 15 is 0 Å². The van der Waals surface area contributed by atoms with E-state index in [4.69, 9.17) is 0 Å². The zero-order chi connectivity index (χ0) is 13.3. The van der Waals surface area contributed by atoms with Gasteiger partial charge in [0.05, 0.1) is 5.56 Å². The average Bonchev–Trinajstić information content (AvgIpc) is 2.77. The lowest BCUT2D eigenvalue weighted by molar-refractivity contribution is -0.137. The van der Waals surface area contributed by atoms with Gasteiger partial charge in [0.1, 0.15) is 0 Å². The predicted molar refractivity (Wildman–Crippen MR) is 64.6 cm³/mol. The Kier molecular flexibility index (Phi) is 3.52. The molecule has 1 saturated heterocycles. The van der Waals surface area contributed by atoms with Gasteiger partial charge < -0.3 is 9.80 Å². The van der Waals surface area contributed by atoms with Crippen LogP contribution in [0.3, 0.4) is 0 Å². The largest absolute Gasteiger partial charge is 0.417 e. The lowest BCUT2D eigenvalue weighted by Crippen LogP contribution is -2.31. The van der Waals surface area contributed by atoms with Crippen molar-refractivity contribution in [3.8, 4) is 0 Å². The van der Waals surface area contributed by atoms with Crippen molar-refractivity contribution in [3.63, 3.8) is 0 Å². The molecule has 1 heterocycles. The molecule has 0 spiro atoms. The number of hydrogen-bond donors (Lipinski definition) is 0. The molecule has 2 nitrogen and oxygen atoms in total. The zero-order valence-corrected chi connectivity index (χ0v) is 10.5. The maximum atomic E-state index is 12.6. The molecule has 0 N–H and O–H groups in total. The second-order valence-electron chi connectivity index (χ2n) is 4.80. The number of hydrogen-bond acceptors (Lipinski definition) is 2. The molecular weight excluding hydrogens is 241 g/mol. The zero-order valence-electron chi connectivity index (χ0n) is 10.5. The van der Waals surface area contributed by atoms with Crippen molar-refractivity contribution in [2.45, 2.75) is 18.6 Å². The van der Waals surface area contributed by atoms with Gasteiger partial charge in [-0.05, 0) is 32.6 Å². The van der Waals surface area contributed by atoms with E-state index in [9.17, 15) is 13.2 Å². The highest BCUT2D eigenvalue weighted by Crippen LogP contribution is 2.32. The maximum absolute atomic E-state index is 12.6. The molecule has 18 heavy (non-hydrogen) atoms. The molecular formula is C13H16F3N2. The standard InChI is InChI=1S/C13H16F3N2/c1-17(2)12-6-7-18(9-12)11-5-3-4-10(8-11)13(14,15)16/h3-5,12H,6-7,9H2,1-2H3/t12-/m0/s1. The Morgan fingerprint density at radius 3 is 2.61 bits per heavy atom. The van der Waals surface area contributed by atoms with E-state index in [1.807, 2.05) is 19.0 Å². The van der Waals surface area contributed by atoms with E-state index in [0.29, 0.717) is 11.7 Å². The highest BCUT2D eigenvalue weighted by atomic mass is 19.4. The van der Waals surface area contributed by atoms with E-state index in [0.717, 1.165) is 25.6 Å². The lowest BCUT2D eigenvalue weighted by Gasteiger charge is -2.22. The average molecular weight is 257 g/mol. The molecule has 1 fully saturated rings. The summed E-state index contributed by atoms with van der Waals surface area (Å²) >= 11 is 0. The minimum atomic E-state index is -4.32. The number of nitrogens with zero attached hydrogens (tertiary/aromatic N) is 2. The van der Waals surface area contributed by atoms with Gasteiger partial charge in [0.15, 0.2) is 0 Å². The monoisotopic (exact) mass is 257 g/mol. The van der Waals surface area contributed by atoms with Crippen LogP contribution in [0.5, 0.6) is 0 Å². The van der Waals surface area contributed by atoms with E-state index in [2.05, 4.69) is 11.0 Å². The van der Waals surface area contributed by atoms with Crippen molar-refractivity contribution in [3.05, 3.63) is 29.8 Å². The Morgan fingerprint density at radius 1 is 1.33 bits per heavy atom. The molecule has 0 bridgehead atoms. The van der Waals surface area contributed by atoms with E-state index in [-0.39, 0.29) is 0 Å². The fourth-order valence-corrected chi connectivity index (χ4v) is 2.19. The molecule has 5 heteroatoms. The molecule has 99 valence electrons. The van der Waals surface area contributed by atoms with Gasteiger partial charge in [-0.2, -0.15) is 13.2 Å². The Bertz CT molecular complexity index is 415. The van der Waals surface area contributed by atoms with Crippen LogP contribution in [0, 0.1) is 6.07 Å². The summed E-state index contributed by atoms with van der Waals surface area (Å²) in [4.78, 5) is 4.06. The molecule has 1 aromatic rings. The van der Waals surface area contributed by atoms with Gasteiger partial charge >= 0.3 is 6.18 Å². The van der Waals surface area contributed by atoms with Crippen molar-refractivity contribution in [1.82, 2.24) is 4.90 Å². The SMILES string of the molecule is CN(C)[C@H]1CCN(c2[c]c(C(F)(F)F)ccc2)C1. The maximum Gasteiger partial charge on any atom is 0.417 e. The van der Waals surface area contributed by atoms with Gasteiger partial charge in [-0.25, -0.2) is 0 Å². The van der Waals surface area contributed by atoms with Crippen LogP contribution in [-0.4, -0.2) is 38.1 Å². The second kappa shape index (κ2) is 4.80. The third-order valence-electron chi connectivity index (χ3n) is 3.32. The molecule has 1 radical (unpaired) electrons. The first-order valence-electron chi connectivity index (χ1n) is 5.89. The quantitative estimate of drug-likeness (QED) is 0.803. The van der Waals surface area contributed by atoms with Gasteiger partial charge in [-0.15, -0.1) is 0 Å². The van der Waals surface area contributed by atoms with Crippen LogP contribution >= 0.6 is 0 Å². The van der Waals surface area contributed by atoms with Crippen molar-refractivity contribution in [1.29, 1.82) is 0 Å². The van der Waals surface area contributed by atoms with Gasteiger partial charge in [-0.1, -0.05) is 6.07 Å². The third-order valence-corrected chi connectivity index (χ3v) is 3.32. The third kappa shape index (κ3) is 2.77. The van der Waals surface area contributed by atoms with E-state index in [1.54, 1.807) is 6.07 Å². The summed E-state index contributed by atoms with van der Waals surface area (Å²) in [6.45, 7) is 1.53. The fourth-order valence-electron chi connectivity index (χ4n) is 2.19. The summed E-state index contributed by atoms with van der Waals surface area (Å²) in [5.41, 5.74) is -0.164. The second-order valence-corrected chi connectivity index (χ2v) is 4.80. The smallest absolute Gasteiger partial charge is 0.369 e. The number of rotatable bonds is 2. The molecule has 0 amide bonds. The summed E-state index contributed by atoms with van der Waals surface area (Å²) in [5, 5.41) is 0. The summed E-state index contributed by atoms with van der Waals surface area (Å²) in [5.74, 6) is 0. The highest BCUT2D eigenvalue weighted by Gasteiger charge is 2.32. The minimum absolute atomic E-state index is 0.396. The van der Waals surface area contributed by atoms with Crippen LogP contribution < -0.4 is 4.90 Å². The predicted octanol–water partition coefficient (Wildman–Crippen LogP) is 2.65. The van der Waals surface area contributed by atoms with Crippen LogP contribution in [0.25, 0.3) is 0 Å². The minimum Gasteiger partial charge on any atom is -0.369 e. The molecule has 1 aromatic carbocycles.